The molecule has 12 heavy (non-hydrogen) atoms. The summed E-state index contributed by atoms with van der Waals surface area (Å²) in [4.78, 5) is 20.3. The van der Waals surface area contributed by atoms with E-state index in [0.717, 1.165) is 6.07 Å². The largest absolute Gasteiger partial charge is 0.439 e. The lowest BCUT2D eigenvalue weighted by Crippen LogP contribution is -1.87. The number of ketones is 1. The van der Waals surface area contributed by atoms with Gasteiger partial charge in [0.05, 0.1) is 11.0 Å². The number of hydrogen-bond acceptors (Lipinski definition) is 4. The first-order valence-electron chi connectivity index (χ1n) is 2.97. The molecule has 0 fully saturated rings. The van der Waals surface area contributed by atoms with E-state index in [1.807, 2.05) is 0 Å². The first-order chi connectivity index (χ1) is 5.52. The van der Waals surface area contributed by atoms with E-state index in [4.69, 9.17) is 4.42 Å². The summed E-state index contributed by atoms with van der Waals surface area (Å²) in [5.74, 6) is -0.364. The average molecular weight is 234 g/mol. The molecule has 0 unspecified atom stereocenters. The molecular weight excluding hydrogens is 230 g/mol. The predicted octanol–water partition coefficient (Wildman–Crippen LogP) is 2.15. The minimum absolute atomic E-state index is 0.0198. The molecule has 64 valence electrons. The summed E-state index contributed by atoms with van der Waals surface area (Å²) >= 11 is 2.83. The molecule has 5 nitrogen and oxygen atoms in total. The second kappa shape index (κ2) is 3.06. The third kappa shape index (κ3) is 1.53. The summed E-state index contributed by atoms with van der Waals surface area (Å²) in [7, 11) is 0. The molecule has 1 aromatic heterocycles. The van der Waals surface area contributed by atoms with Gasteiger partial charge in [0.25, 0.3) is 0 Å². The fourth-order valence-corrected chi connectivity index (χ4v) is 1.09. The van der Waals surface area contributed by atoms with Crippen LogP contribution in [0.3, 0.4) is 0 Å². The summed E-state index contributed by atoms with van der Waals surface area (Å²) in [6.45, 7) is 1.27. The lowest BCUT2D eigenvalue weighted by molar-refractivity contribution is -0.386. The van der Waals surface area contributed by atoms with E-state index in [1.165, 1.54) is 6.92 Å². The summed E-state index contributed by atoms with van der Waals surface area (Å²) in [5.41, 5.74) is -0.236. The molecule has 0 aliphatic rings. The third-order valence-electron chi connectivity index (χ3n) is 1.21. The summed E-state index contributed by atoms with van der Waals surface area (Å²) in [6, 6.07) is 1.09. The van der Waals surface area contributed by atoms with E-state index in [9.17, 15) is 14.9 Å². The standard InChI is InChI=1S/C6H4BrNO4/c1-3(9)5-2-4(8(10)11)6(7)12-5/h2H,1H3. The zero-order chi connectivity index (χ0) is 9.30. The number of nitrogens with zero attached hydrogens (tertiary/aromatic N) is 1. The molecule has 0 radical (unpaired) electrons. The Balaban J connectivity index is 3.17. The van der Waals surface area contributed by atoms with E-state index in [-0.39, 0.29) is 21.9 Å². The molecule has 1 heterocycles. The maximum Gasteiger partial charge on any atom is 0.322 e. The Morgan fingerprint density at radius 2 is 2.33 bits per heavy atom. The van der Waals surface area contributed by atoms with Crippen LogP contribution in [0.1, 0.15) is 17.5 Å². The molecule has 1 aromatic rings. The van der Waals surface area contributed by atoms with Crippen molar-refractivity contribution in [2.75, 3.05) is 0 Å². The van der Waals surface area contributed by atoms with E-state index >= 15 is 0 Å². The van der Waals surface area contributed by atoms with Crippen LogP contribution in [0.4, 0.5) is 5.69 Å². The fraction of sp³-hybridized carbons (Fsp3) is 0.167. The molecule has 0 bridgehead atoms. The van der Waals surface area contributed by atoms with Gasteiger partial charge < -0.3 is 4.42 Å². The first-order valence-corrected chi connectivity index (χ1v) is 3.76. The lowest BCUT2D eigenvalue weighted by Gasteiger charge is -1.81. The van der Waals surface area contributed by atoms with Gasteiger partial charge in [0.15, 0.2) is 11.5 Å². The number of carbonyl (C=O) groups excluding carboxylic acids is 1. The van der Waals surface area contributed by atoms with Gasteiger partial charge in [-0.2, -0.15) is 0 Å². The lowest BCUT2D eigenvalue weighted by atomic mass is 10.3. The van der Waals surface area contributed by atoms with Crippen molar-refractivity contribution in [3.05, 3.63) is 26.6 Å². The molecule has 6 heteroatoms. The third-order valence-corrected chi connectivity index (χ3v) is 1.78. The van der Waals surface area contributed by atoms with Crippen LogP contribution in [0.5, 0.6) is 0 Å². The molecule has 1 rings (SSSR count). The number of rotatable bonds is 2. The van der Waals surface area contributed by atoms with Gasteiger partial charge in [-0.1, -0.05) is 0 Å². The van der Waals surface area contributed by atoms with E-state index in [2.05, 4.69) is 15.9 Å². The van der Waals surface area contributed by atoms with Crippen LogP contribution in [-0.2, 0) is 0 Å². The molecule has 0 saturated heterocycles. The highest BCUT2D eigenvalue weighted by atomic mass is 79.9. The molecular formula is C6H4BrNO4. The van der Waals surface area contributed by atoms with E-state index in [0.29, 0.717) is 0 Å². The minimum Gasteiger partial charge on any atom is -0.439 e. The van der Waals surface area contributed by atoms with Gasteiger partial charge in [-0.25, -0.2) is 0 Å². The predicted molar refractivity (Wildman–Crippen MR) is 43.1 cm³/mol. The Morgan fingerprint density at radius 1 is 1.75 bits per heavy atom. The van der Waals surface area contributed by atoms with Gasteiger partial charge in [0, 0.05) is 6.92 Å². The monoisotopic (exact) mass is 233 g/mol. The summed E-state index contributed by atoms with van der Waals surface area (Å²) < 4.78 is 4.73. The van der Waals surface area contributed by atoms with Crippen molar-refractivity contribution in [2.24, 2.45) is 0 Å². The van der Waals surface area contributed by atoms with Gasteiger partial charge in [-0.15, -0.1) is 0 Å². The van der Waals surface area contributed by atoms with Crippen LogP contribution in [0.15, 0.2) is 15.2 Å². The molecule has 0 aromatic carbocycles. The van der Waals surface area contributed by atoms with Gasteiger partial charge in [0.1, 0.15) is 0 Å². The molecule has 0 aliphatic carbocycles. The van der Waals surface area contributed by atoms with Crippen molar-refractivity contribution < 1.29 is 14.1 Å². The van der Waals surface area contributed by atoms with Crippen LogP contribution in [0.2, 0.25) is 0 Å². The Bertz CT molecular complexity index is 343. The highest BCUT2D eigenvalue weighted by molar-refractivity contribution is 9.10. The summed E-state index contributed by atoms with van der Waals surface area (Å²) in [5, 5.41) is 10.3. The average Bonchev–Trinajstić information content (AvgIpc) is 2.30. The maximum atomic E-state index is 10.7. The van der Waals surface area contributed by atoms with E-state index < -0.39 is 4.92 Å². The van der Waals surface area contributed by atoms with Gasteiger partial charge in [0.2, 0.25) is 4.67 Å². The Hall–Kier alpha value is -1.17. The maximum absolute atomic E-state index is 10.7. The zero-order valence-corrected chi connectivity index (χ0v) is 7.62. The van der Waals surface area contributed by atoms with Crippen molar-refractivity contribution in [1.82, 2.24) is 0 Å². The number of halogens is 1. The fourth-order valence-electron chi connectivity index (χ4n) is 0.657. The van der Waals surface area contributed by atoms with Crippen LogP contribution >= 0.6 is 15.9 Å². The SMILES string of the molecule is CC(=O)c1cc([N+](=O)[O-])c(Br)o1. The van der Waals surface area contributed by atoms with Crippen molar-refractivity contribution >= 4 is 27.4 Å². The Morgan fingerprint density at radius 3 is 2.58 bits per heavy atom. The number of furan rings is 1. The van der Waals surface area contributed by atoms with Crippen molar-refractivity contribution in [3.63, 3.8) is 0 Å². The quantitative estimate of drug-likeness (QED) is 0.446. The number of hydrogen-bond donors (Lipinski definition) is 0. The number of Topliss-reactive ketones (excluding diaryl/α,β-unsaturated/α-hetero) is 1. The normalized spacial score (nSPS) is 9.83. The second-order valence-electron chi connectivity index (χ2n) is 2.08. The van der Waals surface area contributed by atoms with E-state index in [1.54, 1.807) is 0 Å². The smallest absolute Gasteiger partial charge is 0.322 e. The van der Waals surface area contributed by atoms with Crippen LogP contribution in [0, 0.1) is 10.1 Å². The Labute approximate surface area is 75.6 Å². The molecule has 0 amide bonds. The topological polar surface area (TPSA) is 73.3 Å². The van der Waals surface area contributed by atoms with Crippen molar-refractivity contribution in [2.45, 2.75) is 6.92 Å². The minimum atomic E-state index is -0.625. The van der Waals surface area contributed by atoms with Crippen LogP contribution in [0.25, 0.3) is 0 Å². The highest BCUT2D eigenvalue weighted by Crippen LogP contribution is 2.28. The molecule has 0 atom stereocenters. The van der Waals surface area contributed by atoms with Crippen LogP contribution < -0.4 is 0 Å². The summed E-state index contributed by atoms with van der Waals surface area (Å²) in [6.07, 6.45) is 0. The highest BCUT2D eigenvalue weighted by Gasteiger charge is 2.20. The number of carbonyl (C=O) groups is 1. The Kier molecular flexibility index (Phi) is 2.27. The first kappa shape index (κ1) is 8.92. The van der Waals surface area contributed by atoms with Crippen molar-refractivity contribution in [1.29, 1.82) is 0 Å². The molecule has 0 N–H and O–H groups in total. The van der Waals surface area contributed by atoms with Gasteiger partial charge in [-0.3, -0.25) is 14.9 Å². The van der Waals surface area contributed by atoms with Gasteiger partial charge in [-0.05, 0) is 15.9 Å². The second-order valence-corrected chi connectivity index (χ2v) is 2.80. The molecule has 0 aliphatic heterocycles. The molecule has 0 spiro atoms. The van der Waals surface area contributed by atoms with Gasteiger partial charge >= 0.3 is 5.69 Å². The molecule has 0 saturated carbocycles. The zero-order valence-electron chi connectivity index (χ0n) is 6.04. The van der Waals surface area contributed by atoms with Crippen LogP contribution in [-0.4, -0.2) is 10.7 Å². The van der Waals surface area contributed by atoms with Crippen molar-refractivity contribution in [3.8, 4) is 0 Å². The number of nitro groups is 1.